The lowest BCUT2D eigenvalue weighted by Gasteiger charge is -2.09. The molecule has 0 aliphatic heterocycles. The smallest absolute Gasteiger partial charge is 0.321 e. The number of carbonyl (C=O) groups is 2. The van der Waals surface area contributed by atoms with E-state index in [0.29, 0.717) is 0 Å². The lowest BCUT2D eigenvalue weighted by Crippen LogP contribution is -2.43. The van der Waals surface area contributed by atoms with E-state index in [1.807, 2.05) is 13.8 Å². The molecule has 0 unspecified atom stereocenters. The minimum Gasteiger partial charge on any atom is -0.336 e. The molecular weight excluding hydrogens is 332 g/mol. The molecule has 8 heteroatoms. The second-order valence-corrected chi connectivity index (χ2v) is 7.73. The Kier molecular flexibility index (Phi) is 4.82. The number of thioether (sulfide) groups is 1. The summed E-state index contributed by atoms with van der Waals surface area (Å²) < 4.78 is 0. The maximum absolute atomic E-state index is 11.9. The molecule has 0 atom stereocenters. The molecule has 1 aliphatic rings. The molecule has 2 heterocycles. The van der Waals surface area contributed by atoms with E-state index in [9.17, 15) is 9.59 Å². The summed E-state index contributed by atoms with van der Waals surface area (Å²) in [5.41, 5.74) is 1.34. The van der Waals surface area contributed by atoms with Gasteiger partial charge in [-0.05, 0) is 38.7 Å². The van der Waals surface area contributed by atoms with Crippen LogP contribution in [0.4, 0.5) is 4.79 Å². The van der Waals surface area contributed by atoms with Crippen molar-refractivity contribution in [2.45, 2.75) is 44.2 Å². The quantitative estimate of drug-likeness (QED) is 0.654. The number of fused-ring (bicyclic) bond motifs is 3. The van der Waals surface area contributed by atoms with Crippen molar-refractivity contribution < 1.29 is 9.59 Å². The van der Waals surface area contributed by atoms with Crippen molar-refractivity contribution in [3.8, 4) is 0 Å². The molecule has 3 rings (SSSR count). The number of thiophene rings is 1. The first kappa shape index (κ1) is 16.2. The number of imide groups is 1. The molecule has 6 nitrogen and oxygen atoms in total. The van der Waals surface area contributed by atoms with Crippen LogP contribution in [0, 0.1) is 0 Å². The number of carbonyl (C=O) groups excluding carboxylic acids is 2. The van der Waals surface area contributed by atoms with Gasteiger partial charge in [-0.2, -0.15) is 0 Å². The van der Waals surface area contributed by atoms with Crippen LogP contribution in [0.1, 0.15) is 30.7 Å². The third-order valence-corrected chi connectivity index (χ3v) is 5.67. The lowest BCUT2D eigenvalue weighted by molar-refractivity contribution is -0.117. The number of urea groups is 1. The zero-order valence-corrected chi connectivity index (χ0v) is 14.6. The maximum atomic E-state index is 11.9. The molecule has 0 saturated heterocycles. The fraction of sp³-hybridized carbons (Fsp3) is 0.467. The first-order valence-corrected chi connectivity index (χ1v) is 9.33. The molecule has 0 aromatic carbocycles. The molecule has 0 spiro atoms. The van der Waals surface area contributed by atoms with Crippen molar-refractivity contribution in [1.82, 2.24) is 20.6 Å². The Morgan fingerprint density at radius 3 is 2.96 bits per heavy atom. The predicted octanol–water partition coefficient (Wildman–Crippen LogP) is 2.51. The third-order valence-electron chi connectivity index (χ3n) is 3.48. The summed E-state index contributed by atoms with van der Waals surface area (Å²) in [5, 5.41) is 6.87. The van der Waals surface area contributed by atoms with Gasteiger partial charge in [0.05, 0.1) is 5.75 Å². The summed E-state index contributed by atoms with van der Waals surface area (Å²) in [6, 6.07) is -0.472. The summed E-state index contributed by atoms with van der Waals surface area (Å²) in [5.74, 6) is -0.172. The number of rotatable bonds is 4. The molecule has 2 aromatic rings. The van der Waals surface area contributed by atoms with Gasteiger partial charge in [0, 0.05) is 16.3 Å². The number of amides is 3. The molecule has 0 radical (unpaired) electrons. The molecular formula is C15H18N4O2S2. The van der Waals surface area contributed by atoms with E-state index in [-0.39, 0.29) is 17.7 Å². The fourth-order valence-corrected chi connectivity index (χ4v) is 4.72. The number of hydrogen-bond acceptors (Lipinski definition) is 6. The Labute approximate surface area is 142 Å². The van der Waals surface area contributed by atoms with E-state index in [0.717, 1.165) is 28.1 Å². The van der Waals surface area contributed by atoms with Crippen LogP contribution in [-0.2, 0) is 17.6 Å². The van der Waals surface area contributed by atoms with Crippen molar-refractivity contribution in [3.05, 3.63) is 16.8 Å². The van der Waals surface area contributed by atoms with Crippen LogP contribution in [0.25, 0.3) is 10.2 Å². The van der Waals surface area contributed by atoms with E-state index in [1.165, 1.54) is 28.6 Å². The number of nitrogens with zero attached hydrogens (tertiary/aromatic N) is 2. The van der Waals surface area contributed by atoms with E-state index in [2.05, 4.69) is 20.6 Å². The summed E-state index contributed by atoms with van der Waals surface area (Å²) in [6.45, 7) is 3.68. The van der Waals surface area contributed by atoms with Crippen LogP contribution in [0.5, 0.6) is 0 Å². The summed E-state index contributed by atoms with van der Waals surface area (Å²) in [6.07, 6.45) is 4.88. The van der Waals surface area contributed by atoms with Gasteiger partial charge in [0.25, 0.3) is 0 Å². The van der Waals surface area contributed by atoms with Crippen molar-refractivity contribution >= 4 is 45.3 Å². The van der Waals surface area contributed by atoms with Gasteiger partial charge >= 0.3 is 6.03 Å². The van der Waals surface area contributed by atoms with Crippen LogP contribution in [-0.4, -0.2) is 33.7 Å². The predicted molar refractivity (Wildman–Crippen MR) is 92.0 cm³/mol. The van der Waals surface area contributed by atoms with Gasteiger partial charge in [0.15, 0.2) is 0 Å². The Hall–Kier alpha value is -1.67. The molecule has 1 aliphatic carbocycles. The first-order chi connectivity index (χ1) is 11.0. The first-order valence-electron chi connectivity index (χ1n) is 7.53. The van der Waals surface area contributed by atoms with E-state index >= 15 is 0 Å². The fourth-order valence-electron chi connectivity index (χ4n) is 2.60. The largest absolute Gasteiger partial charge is 0.336 e. The topological polar surface area (TPSA) is 84.0 Å². The highest BCUT2D eigenvalue weighted by atomic mass is 32.2. The molecule has 3 amide bonds. The van der Waals surface area contributed by atoms with E-state index in [4.69, 9.17) is 0 Å². The van der Waals surface area contributed by atoms with Gasteiger partial charge in [-0.25, -0.2) is 14.8 Å². The van der Waals surface area contributed by atoms with E-state index in [1.54, 1.807) is 17.7 Å². The number of hydrogen-bond donors (Lipinski definition) is 2. The standard InChI is InChI=1S/C15H18N4O2S2/c1-8(2)18-15(21)19-11(20)6-22-13-12-9-4-3-5-10(9)23-14(12)17-7-16-13/h7-8H,3-6H2,1-2H3,(H2,18,19,20,21). The number of aryl methyl sites for hydroxylation is 2. The van der Waals surface area contributed by atoms with Gasteiger partial charge in [0.2, 0.25) is 5.91 Å². The van der Waals surface area contributed by atoms with Crippen LogP contribution in [0.15, 0.2) is 11.4 Å². The molecule has 2 aromatic heterocycles. The van der Waals surface area contributed by atoms with Crippen molar-refractivity contribution in [3.63, 3.8) is 0 Å². The Morgan fingerprint density at radius 2 is 2.17 bits per heavy atom. The summed E-state index contributed by atoms with van der Waals surface area (Å²) >= 11 is 3.08. The second kappa shape index (κ2) is 6.84. The molecule has 0 fully saturated rings. The third kappa shape index (κ3) is 3.64. The molecule has 0 bridgehead atoms. The maximum Gasteiger partial charge on any atom is 0.321 e. The summed E-state index contributed by atoms with van der Waals surface area (Å²) in [7, 11) is 0. The monoisotopic (exact) mass is 350 g/mol. The Balaban J connectivity index is 1.68. The van der Waals surface area contributed by atoms with Crippen LogP contribution < -0.4 is 10.6 Å². The molecule has 122 valence electrons. The van der Waals surface area contributed by atoms with Gasteiger partial charge in [-0.3, -0.25) is 10.1 Å². The van der Waals surface area contributed by atoms with Gasteiger partial charge in [0.1, 0.15) is 16.2 Å². The second-order valence-electron chi connectivity index (χ2n) is 5.68. The highest BCUT2D eigenvalue weighted by Gasteiger charge is 2.21. The van der Waals surface area contributed by atoms with Crippen LogP contribution in [0.2, 0.25) is 0 Å². The van der Waals surface area contributed by atoms with Gasteiger partial charge < -0.3 is 5.32 Å². The van der Waals surface area contributed by atoms with Gasteiger partial charge in [-0.1, -0.05) is 11.8 Å². The average Bonchev–Trinajstić information content (AvgIpc) is 3.04. The molecule has 23 heavy (non-hydrogen) atoms. The molecule has 2 N–H and O–H groups in total. The Morgan fingerprint density at radius 1 is 1.35 bits per heavy atom. The zero-order chi connectivity index (χ0) is 16.4. The minimum absolute atomic E-state index is 0.00895. The SMILES string of the molecule is CC(C)NC(=O)NC(=O)CSc1ncnc2sc3c(c12)CCC3. The van der Waals surface area contributed by atoms with Gasteiger partial charge in [-0.15, -0.1) is 11.3 Å². The molecule has 0 saturated carbocycles. The normalized spacial score (nSPS) is 13.3. The number of nitrogens with one attached hydrogen (secondary N) is 2. The zero-order valence-electron chi connectivity index (χ0n) is 13.0. The highest BCUT2D eigenvalue weighted by molar-refractivity contribution is 8.00. The highest BCUT2D eigenvalue weighted by Crippen LogP contribution is 2.39. The lowest BCUT2D eigenvalue weighted by atomic mass is 10.2. The van der Waals surface area contributed by atoms with Crippen molar-refractivity contribution in [2.75, 3.05) is 5.75 Å². The Bertz CT molecular complexity index is 757. The summed E-state index contributed by atoms with van der Waals surface area (Å²) in [4.78, 5) is 34.5. The average molecular weight is 350 g/mol. The van der Waals surface area contributed by atoms with Crippen molar-refractivity contribution in [2.24, 2.45) is 0 Å². The van der Waals surface area contributed by atoms with E-state index < -0.39 is 6.03 Å². The van der Waals surface area contributed by atoms with Crippen molar-refractivity contribution in [1.29, 1.82) is 0 Å². The van der Waals surface area contributed by atoms with Crippen LogP contribution in [0.3, 0.4) is 0 Å². The minimum atomic E-state index is -0.463. The van der Waals surface area contributed by atoms with Crippen LogP contribution >= 0.6 is 23.1 Å². The number of aromatic nitrogens is 2.